The summed E-state index contributed by atoms with van der Waals surface area (Å²) < 4.78 is 10.8. The van der Waals surface area contributed by atoms with Crippen LogP contribution in [0.4, 0.5) is 5.69 Å². The third kappa shape index (κ3) is 3.17. The highest BCUT2D eigenvalue weighted by molar-refractivity contribution is 6.33. The number of amidine groups is 1. The van der Waals surface area contributed by atoms with Crippen molar-refractivity contribution in [2.45, 2.75) is 6.92 Å². The van der Waals surface area contributed by atoms with Crippen LogP contribution in [0.15, 0.2) is 83.5 Å². The Bertz CT molecular complexity index is 1150. The van der Waals surface area contributed by atoms with Gasteiger partial charge in [-0.05, 0) is 42.8 Å². The smallest absolute Gasteiger partial charge is 0.282 e. The number of aliphatic imine (C=N–C) groups is 1. The van der Waals surface area contributed by atoms with Crippen molar-refractivity contribution < 1.29 is 14.3 Å². The second kappa shape index (κ2) is 6.95. The Morgan fingerprint density at radius 2 is 1.69 bits per heavy atom. The van der Waals surface area contributed by atoms with Crippen LogP contribution in [-0.2, 0) is 4.79 Å². The summed E-state index contributed by atoms with van der Waals surface area (Å²) in [5.41, 5.74) is 4.02. The molecule has 0 saturated heterocycles. The van der Waals surface area contributed by atoms with Gasteiger partial charge in [0.05, 0.1) is 5.69 Å². The maximum absolute atomic E-state index is 13.3. The minimum atomic E-state index is -0.162. The zero-order chi connectivity index (χ0) is 19.8. The summed E-state index contributed by atoms with van der Waals surface area (Å²) in [4.78, 5) is 19.7. The Morgan fingerprint density at radius 1 is 0.931 bits per heavy atom. The van der Waals surface area contributed by atoms with Crippen LogP contribution in [0.5, 0.6) is 11.5 Å². The summed E-state index contributed by atoms with van der Waals surface area (Å²) in [6.07, 6.45) is 1.78. The summed E-state index contributed by atoms with van der Waals surface area (Å²) in [7, 11) is 0. The Kier molecular flexibility index (Phi) is 4.13. The maximum Gasteiger partial charge on any atom is 0.282 e. The van der Waals surface area contributed by atoms with Crippen molar-refractivity contribution in [3.8, 4) is 11.5 Å². The third-order valence-corrected chi connectivity index (χ3v) is 4.88. The first-order valence-electron chi connectivity index (χ1n) is 9.36. The summed E-state index contributed by atoms with van der Waals surface area (Å²) in [5.74, 6) is 1.84. The fourth-order valence-electron chi connectivity index (χ4n) is 3.39. The van der Waals surface area contributed by atoms with Gasteiger partial charge in [-0.1, -0.05) is 54.1 Å². The van der Waals surface area contributed by atoms with Gasteiger partial charge in [0.15, 0.2) is 11.5 Å². The van der Waals surface area contributed by atoms with Gasteiger partial charge in [0.25, 0.3) is 5.91 Å². The lowest BCUT2D eigenvalue weighted by Gasteiger charge is -2.18. The molecular weight excluding hydrogens is 364 g/mol. The molecule has 0 aliphatic carbocycles. The van der Waals surface area contributed by atoms with Gasteiger partial charge in [0, 0.05) is 5.56 Å². The van der Waals surface area contributed by atoms with E-state index in [1.807, 2.05) is 79.7 Å². The molecule has 142 valence electrons. The van der Waals surface area contributed by atoms with E-state index in [0.717, 1.165) is 22.4 Å². The van der Waals surface area contributed by atoms with E-state index >= 15 is 0 Å². The average molecular weight is 382 g/mol. The van der Waals surface area contributed by atoms with Crippen molar-refractivity contribution in [3.05, 3.63) is 95.2 Å². The molecule has 2 heterocycles. The molecule has 0 spiro atoms. The monoisotopic (exact) mass is 382 g/mol. The van der Waals surface area contributed by atoms with Gasteiger partial charge in [0.1, 0.15) is 11.5 Å². The zero-order valence-electron chi connectivity index (χ0n) is 15.8. The minimum absolute atomic E-state index is 0.162. The van der Waals surface area contributed by atoms with Crippen molar-refractivity contribution in [1.82, 2.24) is 0 Å². The van der Waals surface area contributed by atoms with E-state index < -0.39 is 0 Å². The molecule has 1 amide bonds. The first kappa shape index (κ1) is 17.3. The zero-order valence-corrected chi connectivity index (χ0v) is 15.8. The molecule has 0 unspecified atom stereocenters. The molecule has 29 heavy (non-hydrogen) atoms. The lowest BCUT2D eigenvalue weighted by molar-refractivity contribution is -0.113. The van der Waals surface area contributed by atoms with Crippen LogP contribution >= 0.6 is 0 Å². The molecular formula is C24H18N2O3. The maximum atomic E-state index is 13.3. The molecule has 5 heteroatoms. The van der Waals surface area contributed by atoms with Crippen molar-refractivity contribution in [1.29, 1.82) is 0 Å². The number of rotatable bonds is 3. The number of benzene rings is 3. The van der Waals surface area contributed by atoms with E-state index in [2.05, 4.69) is 0 Å². The number of fused-ring (bicyclic) bond motifs is 1. The molecule has 0 aromatic heterocycles. The van der Waals surface area contributed by atoms with Gasteiger partial charge < -0.3 is 9.47 Å². The second-order valence-corrected chi connectivity index (χ2v) is 6.92. The number of amides is 1. The van der Waals surface area contributed by atoms with Crippen LogP contribution < -0.4 is 14.4 Å². The largest absolute Gasteiger partial charge is 0.454 e. The number of nitrogens with zero attached hydrogens (tertiary/aromatic N) is 2. The first-order chi connectivity index (χ1) is 14.2. The van der Waals surface area contributed by atoms with E-state index in [4.69, 9.17) is 14.5 Å². The number of hydrogen-bond donors (Lipinski definition) is 0. The van der Waals surface area contributed by atoms with E-state index in [0.29, 0.717) is 23.0 Å². The summed E-state index contributed by atoms with van der Waals surface area (Å²) >= 11 is 0. The van der Waals surface area contributed by atoms with Crippen LogP contribution in [-0.4, -0.2) is 18.5 Å². The molecule has 0 fully saturated rings. The normalized spacial score (nSPS) is 16.4. The SMILES string of the molecule is Cc1ccc(N2C(=O)/C(=C\c3ccc4c(c3)OCO4)N=C2c2ccccc2)cc1. The van der Waals surface area contributed by atoms with Crippen LogP contribution in [0.25, 0.3) is 6.08 Å². The highest BCUT2D eigenvalue weighted by atomic mass is 16.7. The Morgan fingerprint density at radius 3 is 2.48 bits per heavy atom. The van der Waals surface area contributed by atoms with Crippen molar-refractivity contribution in [2.24, 2.45) is 4.99 Å². The highest BCUT2D eigenvalue weighted by Gasteiger charge is 2.32. The fourth-order valence-corrected chi connectivity index (χ4v) is 3.39. The lowest BCUT2D eigenvalue weighted by Crippen LogP contribution is -2.32. The van der Waals surface area contributed by atoms with Gasteiger partial charge in [-0.3, -0.25) is 9.69 Å². The topological polar surface area (TPSA) is 51.1 Å². The van der Waals surface area contributed by atoms with Gasteiger partial charge in [0.2, 0.25) is 6.79 Å². The number of anilines is 1. The average Bonchev–Trinajstić information content (AvgIpc) is 3.34. The van der Waals surface area contributed by atoms with Crippen LogP contribution in [0, 0.1) is 6.92 Å². The van der Waals surface area contributed by atoms with Crippen molar-refractivity contribution in [3.63, 3.8) is 0 Å². The number of ether oxygens (including phenoxy) is 2. The van der Waals surface area contributed by atoms with Crippen LogP contribution in [0.2, 0.25) is 0 Å². The lowest BCUT2D eigenvalue weighted by atomic mass is 10.1. The van der Waals surface area contributed by atoms with Crippen molar-refractivity contribution >= 4 is 23.5 Å². The van der Waals surface area contributed by atoms with Crippen LogP contribution in [0.1, 0.15) is 16.7 Å². The third-order valence-electron chi connectivity index (χ3n) is 4.88. The predicted octanol–water partition coefficient (Wildman–Crippen LogP) is 4.56. The van der Waals surface area contributed by atoms with Gasteiger partial charge in [-0.25, -0.2) is 4.99 Å². The standard InChI is InChI=1S/C24H18N2O3/c1-16-7-10-19(11-8-16)26-23(18-5-3-2-4-6-18)25-20(24(26)27)13-17-9-12-21-22(14-17)29-15-28-21/h2-14H,15H2,1H3/b20-13+. The molecule has 0 bridgehead atoms. The van der Waals surface area contributed by atoms with E-state index in [1.54, 1.807) is 11.0 Å². The predicted molar refractivity (Wildman–Crippen MR) is 112 cm³/mol. The summed E-state index contributed by atoms with van der Waals surface area (Å²) in [6.45, 7) is 2.23. The number of carbonyl (C=O) groups excluding carboxylic acids is 1. The molecule has 5 rings (SSSR count). The fraction of sp³-hybridized carbons (Fsp3) is 0.0833. The van der Waals surface area contributed by atoms with E-state index in [9.17, 15) is 4.79 Å². The van der Waals surface area contributed by atoms with Gasteiger partial charge >= 0.3 is 0 Å². The first-order valence-corrected chi connectivity index (χ1v) is 9.36. The molecule has 2 aliphatic heterocycles. The molecule has 3 aromatic carbocycles. The molecule has 3 aromatic rings. The van der Waals surface area contributed by atoms with E-state index in [1.165, 1.54) is 0 Å². The number of carbonyl (C=O) groups is 1. The molecule has 5 nitrogen and oxygen atoms in total. The quantitative estimate of drug-likeness (QED) is 0.624. The molecule has 0 saturated carbocycles. The number of aryl methyl sites for hydroxylation is 1. The molecule has 2 aliphatic rings. The van der Waals surface area contributed by atoms with Gasteiger partial charge in [-0.2, -0.15) is 0 Å². The summed E-state index contributed by atoms with van der Waals surface area (Å²) in [6, 6.07) is 23.2. The molecule has 0 radical (unpaired) electrons. The van der Waals surface area contributed by atoms with Crippen LogP contribution in [0.3, 0.4) is 0 Å². The highest BCUT2D eigenvalue weighted by Crippen LogP contribution is 2.34. The molecule has 0 atom stereocenters. The van der Waals surface area contributed by atoms with Crippen molar-refractivity contribution in [2.75, 3.05) is 11.7 Å². The minimum Gasteiger partial charge on any atom is -0.454 e. The second-order valence-electron chi connectivity index (χ2n) is 6.92. The number of hydrogen-bond acceptors (Lipinski definition) is 4. The van der Waals surface area contributed by atoms with Gasteiger partial charge in [-0.15, -0.1) is 0 Å². The van der Waals surface area contributed by atoms with E-state index in [-0.39, 0.29) is 12.7 Å². The summed E-state index contributed by atoms with van der Waals surface area (Å²) in [5, 5.41) is 0. The molecule has 0 N–H and O–H groups in total. The Labute approximate surface area is 168 Å². The Balaban J connectivity index is 1.59. The Hall–Kier alpha value is -3.86.